The number of nitrogens with zero attached hydrogens (tertiary/aromatic N) is 2. The van der Waals surface area contributed by atoms with Crippen LogP contribution in [0.3, 0.4) is 0 Å². The van der Waals surface area contributed by atoms with Gasteiger partial charge in [-0.3, -0.25) is 4.90 Å². The molecule has 1 N–H and O–H groups in total. The highest BCUT2D eigenvalue weighted by Gasteiger charge is 2.17. The SMILES string of the molecule is CCN1CCN(Cc2ccc(OCc3ccccc3)c(C(=O)O)c2)CC1. The van der Waals surface area contributed by atoms with Gasteiger partial charge in [0.1, 0.15) is 17.9 Å². The molecule has 2 aromatic rings. The van der Waals surface area contributed by atoms with Crippen molar-refractivity contribution in [3.05, 3.63) is 65.2 Å². The lowest BCUT2D eigenvalue weighted by Crippen LogP contribution is -2.45. The molecule has 0 spiro atoms. The number of aromatic carboxylic acids is 1. The minimum absolute atomic E-state index is 0.227. The van der Waals surface area contributed by atoms with Crippen LogP contribution in [0.1, 0.15) is 28.4 Å². The maximum atomic E-state index is 11.7. The number of piperazine rings is 1. The number of ether oxygens (including phenoxy) is 1. The molecule has 5 heteroatoms. The molecule has 5 nitrogen and oxygen atoms in total. The zero-order chi connectivity index (χ0) is 18.4. The molecule has 0 unspecified atom stereocenters. The molecular weight excluding hydrogens is 328 g/mol. The number of benzene rings is 2. The number of carbonyl (C=O) groups is 1. The number of rotatable bonds is 7. The van der Waals surface area contributed by atoms with Crippen LogP contribution < -0.4 is 4.74 Å². The number of hydrogen-bond acceptors (Lipinski definition) is 4. The van der Waals surface area contributed by atoms with E-state index in [9.17, 15) is 9.90 Å². The molecule has 0 saturated carbocycles. The van der Waals surface area contributed by atoms with Crippen LogP contribution in [-0.4, -0.2) is 53.6 Å². The first-order valence-electron chi connectivity index (χ1n) is 9.13. The molecule has 1 aliphatic heterocycles. The minimum Gasteiger partial charge on any atom is -0.488 e. The second-order valence-corrected chi connectivity index (χ2v) is 6.62. The normalized spacial score (nSPS) is 15.7. The highest BCUT2D eigenvalue weighted by Crippen LogP contribution is 2.23. The maximum absolute atomic E-state index is 11.7. The van der Waals surface area contributed by atoms with Crippen molar-refractivity contribution in [3.63, 3.8) is 0 Å². The van der Waals surface area contributed by atoms with Crippen molar-refractivity contribution >= 4 is 5.97 Å². The van der Waals surface area contributed by atoms with Crippen molar-refractivity contribution in [2.45, 2.75) is 20.1 Å². The Kier molecular flexibility index (Phi) is 6.26. The summed E-state index contributed by atoms with van der Waals surface area (Å²) in [5.74, 6) is -0.536. The fourth-order valence-electron chi connectivity index (χ4n) is 3.23. The molecule has 1 heterocycles. The van der Waals surface area contributed by atoms with Crippen LogP contribution >= 0.6 is 0 Å². The zero-order valence-electron chi connectivity index (χ0n) is 15.2. The van der Waals surface area contributed by atoms with Gasteiger partial charge in [0, 0.05) is 32.7 Å². The topological polar surface area (TPSA) is 53.0 Å². The van der Waals surface area contributed by atoms with Gasteiger partial charge in [-0.2, -0.15) is 0 Å². The molecule has 2 aromatic carbocycles. The first kappa shape index (κ1) is 18.4. The van der Waals surface area contributed by atoms with E-state index >= 15 is 0 Å². The molecule has 1 saturated heterocycles. The van der Waals surface area contributed by atoms with Crippen LogP contribution in [-0.2, 0) is 13.2 Å². The Hall–Kier alpha value is -2.37. The zero-order valence-corrected chi connectivity index (χ0v) is 15.2. The quantitative estimate of drug-likeness (QED) is 0.828. The van der Waals surface area contributed by atoms with E-state index in [0.717, 1.165) is 50.4 Å². The van der Waals surface area contributed by atoms with Gasteiger partial charge in [-0.1, -0.05) is 43.3 Å². The van der Waals surface area contributed by atoms with Crippen LogP contribution in [0.5, 0.6) is 5.75 Å². The van der Waals surface area contributed by atoms with Crippen molar-refractivity contribution in [3.8, 4) is 5.75 Å². The number of carboxylic acid groups (broad SMARTS) is 1. The first-order valence-corrected chi connectivity index (χ1v) is 9.13. The van der Waals surface area contributed by atoms with Crippen LogP contribution in [0, 0.1) is 0 Å². The van der Waals surface area contributed by atoms with Crippen LogP contribution in [0.15, 0.2) is 48.5 Å². The Labute approximate surface area is 154 Å². The lowest BCUT2D eigenvalue weighted by molar-refractivity contribution is 0.0691. The van der Waals surface area contributed by atoms with Gasteiger partial charge in [-0.25, -0.2) is 4.79 Å². The Morgan fingerprint density at radius 2 is 1.69 bits per heavy atom. The summed E-state index contributed by atoms with van der Waals surface area (Å²) >= 11 is 0. The number of carboxylic acids is 1. The van der Waals surface area contributed by atoms with Crippen LogP contribution in [0.25, 0.3) is 0 Å². The van der Waals surface area contributed by atoms with E-state index in [1.54, 1.807) is 12.1 Å². The van der Waals surface area contributed by atoms with Gasteiger partial charge in [0.2, 0.25) is 0 Å². The molecular formula is C21H26N2O3. The Bertz CT molecular complexity index is 725. The van der Waals surface area contributed by atoms with Crippen LogP contribution in [0.4, 0.5) is 0 Å². The molecule has 0 bridgehead atoms. The maximum Gasteiger partial charge on any atom is 0.339 e. The van der Waals surface area contributed by atoms with Crippen LogP contribution in [0.2, 0.25) is 0 Å². The van der Waals surface area contributed by atoms with Gasteiger partial charge in [0.05, 0.1) is 0 Å². The van der Waals surface area contributed by atoms with E-state index in [4.69, 9.17) is 4.74 Å². The molecule has 0 aromatic heterocycles. The van der Waals surface area contributed by atoms with Crippen molar-refractivity contribution < 1.29 is 14.6 Å². The molecule has 1 aliphatic rings. The number of hydrogen-bond donors (Lipinski definition) is 1. The van der Waals surface area contributed by atoms with Gasteiger partial charge in [-0.15, -0.1) is 0 Å². The van der Waals surface area contributed by atoms with Gasteiger partial charge in [-0.05, 0) is 29.8 Å². The third-order valence-electron chi connectivity index (χ3n) is 4.83. The summed E-state index contributed by atoms with van der Waals surface area (Å²) in [6.07, 6.45) is 0. The first-order chi connectivity index (χ1) is 12.7. The summed E-state index contributed by atoms with van der Waals surface area (Å²) in [5, 5.41) is 9.56. The summed E-state index contributed by atoms with van der Waals surface area (Å²) in [4.78, 5) is 16.5. The standard InChI is InChI=1S/C21H26N2O3/c1-2-22-10-12-23(13-11-22)15-18-8-9-20(19(14-18)21(24)25)26-16-17-6-4-3-5-7-17/h3-9,14H,2,10-13,15-16H2,1H3,(H,24,25). The molecule has 138 valence electrons. The predicted molar refractivity (Wildman–Crippen MR) is 102 cm³/mol. The number of likely N-dealkylation sites (N-methyl/N-ethyl adjacent to an activating group) is 1. The van der Waals surface area contributed by atoms with Gasteiger partial charge in [0.25, 0.3) is 0 Å². The highest BCUT2D eigenvalue weighted by molar-refractivity contribution is 5.91. The summed E-state index contributed by atoms with van der Waals surface area (Å²) in [6.45, 7) is 8.58. The molecule has 0 aliphatic carbocycles. The van der Waals surface area contributed by atoms with Gasteiger partial charge >= 0.3 is 5.97 Å². The molecule has 1 fully saturated rings. The summed E-state index contributed by atoms with van der Waals surface area (Å²) in [5.41, 5.74) is 2.26. The Morgan fingerprint density at radius 3 is 2.35 bits per heavy atom. The highest BCUT2D eigenvalue weighted by atomic mass is 16.5. The summed E-state index contributed by atoms with van der Waals surface area (Å²) in [7, 11) is 0. The van der Waals surface area contributed by atoms with Crippen molar-refractivity contribution in [2.24, 2.45) is 0 Å². The lowest BCUT2D eigenvalue weighted by atomic mass is 10.1. The average molecular weight is 354 g/mol. The van der Waals surface area contributed by atoms with E-state index in [1.807, 2.05) is 36.4 Å². The lowest BCUT2D eigenvalue weighted by Gasteiger charge is -2.34. The largest absolute Gasteiger partial charge is 0.488 e. The van der Waals surface area contributed by atoms with Gasteiger partial charge < -0.3 is 14.7 Å². The second kappa shape index (κ2) is 8.83. The smallest absolute Gasteiger partial charge is 0.339 e. The van der Waals surface area contributed by atoms with Crippen molar-refractivity contribution in [1.82, 2.24) is 9.80 Å². The van der Waals surface area contributed by atoms with E-state index in [0.29, 0.717) is 12.4 Å². The molecule has 26 heavy (non-hydrogen) atoms. The van der Waals surface area contributed by atoms with Crippen molar-refractivity contribution in [2.75, 3.05) is 32.7 Å². The average Bonchev–Trinajstić information content (AvgIpc) is 2.68. The molecule has 0 atom stereocenters. The van der Waals surface area contributed by atoms with E-state index < -0.39 is 5.97 Å². The van der Waals surface area contributed by atoms with Crippen molar-refractivity contribution in [1.29, 1.82) is 0 Å². The van der Waals surface area contributed by atoms with E-state index in [1.165, 1.54) is 0 Å². The third kappa shape index (κ3) is 4.84. The van der Waals surface area contributed by atoms with Gasteiger partial charge in [0.15, 0.2) is 0 Å². The Morgan fingerprint density at radius 1 is 1.00 bits per heavy atom. The monoisotopic (exact) mass is 354 g/mol. The molecule has 0 amide bonds. The predicted octanol–water partition coefficient (Wildman–Crippen LogP) is 3.10. The van der Waals surface area contributed by atoms with E-state index in [-0.39, 0.29) is 5.56 Å². The molecule has 0 radical (unpaired) electrons. The fourth-order valence-corrected chi connectivity index (χ4v) is 3.23. The molecule has 3 rings (SSSR count). The summed E-state index contributed by atoms with van der Waals surface area (Å²) in [6, 6.07) is 15.3. The Balaban J connectivity index is 1.65. The second-order valence-electron chi connectivity index (χ2n) is 6.62. The van der Waals surface area contributed by atoms with E-state index in [2.05, 4.69) is 16.7 Å². The third-order valence-corrected chi connectivity index (χ3v) is 4.83. The summed E-state index contributed by atoms with van der Waals surface area (Å²) < 4.78 is 5.76. The fraction of sp³-hybridized carbons (Fsp3) is 0.381. The minimum atomic E-state index is -0.953.